The molecule has 0 radical (unpaired) electrons. The fourth-order valence-electron chi connectivity index (χ4n) is 2.06. The zero-order valence-electron chi connectivity index (χ0n) is 13.2. The molecule has 5 heteroatoms. The van der Waals surface area contributed by atoms with Crippen molar-refractivity contribution in [1.82, 2.24) is 0 Å². The first-order chi connectivity index (χ1) is 11.5. The molecule has 2 nitrogen and oxygen atoms in total. The third kappa shape index (κ3) is 4.52. The van der Waals surface area contributed by atoms with E-state index in [0.717, 1.165) is 25.9 Å². The maximum absolute atomic E-state index is 5.89. The first-order valence-electron chi connectivity index (χ1n) is 7.35. The molecule has 0 amide bonds. The lowest BCUT2D eigenvalue weighted by Crippen LogP contribution is -1.79. The highest BCUT2D eigenvalue weighted by atomic mass is 127. The van der Waals surface area contributed by atoms with Gasteiger partial charge in [-0.15, -0.1) is 0 Å². The molecule has 2 aromatic carbocycles. The number of hydrogen-bond acceptors (Lipinski definition) is 3. The summed E-state index contributed by atoms with van der Waals surface area (Å²) < 4.78 is 8.07. The highest BCUT2D eigenvalue weighted by molar-refractivity contribution is 14.1. The molecule has 0 spiro atoms. The Bertz CT molecular complexity index is 887. The molecule has 1 heterocycles. The molecule has 3 aromatic rings. The summed E-state index contributed by atoms with van der Waals surface area (Å²) >= 11 is 7.47. The molecule has 0 fully saturated rings. The smallest absolute Gasteiger partial charge is 0.179 e. The molecule has 3 rings (SSSR count). The molecule has 0 aliphatic heterocycles. The Kier molecular flexibility index (Phi) is 5.84. The molecule has 122 valence electrons. The molecule has 1 aromatic heterocycles. The van der Waals surface area contributed by atoms with Gasteiger partial charge < -0.3 is 4.42 Å². The van der Waals surface area contributed by atoms with E-state index >= 15 is 0 Å². The number of benzene rings is 2. The van der Waals surface area contributed by atoms with E-state index in [9.17, 15) is 0 Å². The van der Waals surface area contributed by atoms with E-state index in [0.29, 0.717) is 0 Å². The van der Waals surface area contributed by atoms with Crippen molar-refractivity contribution >= 4 is 62.2 Å². The number of rotatable bonds is 4. The van der Waals surface area contributed by atoms with Crippen LogP contribution >= 0.6 is 50.3 Å². The minimum absolute atomic E-state index is 0.729. The van der Waals surface area contributed by atoms with E-state index in [1.54, 1.807) is 18.0 Å². The van der Waals surface area contributed by atoms with E-state index in [1.807, 2.05) is 12.1 Å². The van der Waals surface area contributed by atoms with Gasteiger partial charge in [-0.05, 0) is 88.3 Å². The van der Waals surface area contributed by atoms with Gasteiger partial charge in [0.05, 0.1) is 16.4 Å². The molecule has 0 aliphatic rings. The summed E-state index contributed by atoms with van der Waals surface area (Å²) in [7, 11) is 0. The minimum Gasteiger partial charge on any atom is -0.447 e. The van der Waals surface area contributed by atoms with Crippen LogP contribution in [0.2, 0.25) is 0 Å². The molecule has 0 N–H and O–H groups in total. The van der Waals surface area contributed by atoms with Crippen LogP contribution in [0.25, 0.3) is 0 Å². The van der Waals surface area contributed by atoms with Crippen LogP contribution in [-0.4, -0.2) is 6.21 Å². The molecule has 0 atom stereocenters. The lowest BCUT2D eigenvalue weighted by Gasteiger charge is -1.99. The van der Waals surface area contributed by atoms with Gasteiger partial charge in [0.2, 0.25) is 0 Å². The Morgan fingerprint density at radius 2 is 1.83 bits per heavy atom. The number of halogens is 2. The Balaban J connectivity index is 1.76. The minimum atomic E-state index is 0.729. The predicted octanol–water partition coefficient (Wildman–Crippen LogP) is 7.17. The van der Waals surface area contributed by atoms with Crippen LogP contribution in [0.5, 0.6) is 0 Å². The zero-order valence-corrected chi connectivity index (χ0v) is 17.8. The van der Waals surface area contributed by atoms with E-state index in [2.05, 4.69) is 93.8 Å². The van der Waals surface area contributed by atoms with Gasteiger partial charge in [0.15, 0.2) is 5.09 Å². The van der Waals surface area contributed by atoms with Gasteiger partial charge in [-0.25, -0.2) is 0 Å². The summed E-state index contributed by atoms with van der Waals surface area (Å²) in [6.45, 7) is 4.17. The van der Waals surface area contributed by atoms with Crippen molar-refractivity contribution in [3.05, 3.63) is 73.5 Å². The molecule has 0 saturated heterocycles. The molecule has 0 aliphatic carbocycles. The summed E-state index contributed by atoms with van der Waals surface area (Å²) in [5, 5.41) is 0.832. The molecule has 0 bridgehead atoms. The number of furan rings is 1. The van der Waals surface area contributed by atoms with Crippen LogP contribution in [0.15, 0.2) is 72.4 Å². The van der Waals surface area contributed by atoms with Gasteiger partial charge in [-0.1, -0.05) is 29.5 Å². The number of aliphatic imine (C=N–C) groups is 1. The topological polar surface area (TPSA) is 25.5 Å². The Morgan fingerprint density at radius 1 is 1.08 bits per heavy atom. The monoisotopic (exact) mass is 511 g/mol. The average Bonchev–Trinajstić information content (AvgIpc) is 2.91. The number of nitrogens with zero attached hydrogens (tertiary/aromatic N) is 1. The summed E-state index contributed by atoms with van der Waals surface area (Å²) in [5.41, 5.74) is 3.40. The third-order valence-corrected chi connectivity index (χ3v) is 6.45. The first-order valence-corrected chi connectivity index (χ1v) is 10.0. The third-order valence-electron chi connectivity index (χ3n) is 3.39. The van der Waals surface area contributed by atoms with Gasteiger partial charge in [-0.2, -0.15) is 0 Å². The molecular weight excluding hydrogens is 497 g/mol. The Morgan fingerprint density at radius 3 is 2.54 bits per heavy atom. The van der Waals surface area contributed by atoms with Crippen LogP contribution in [0.3, 0.4) is 0 Å². The van der Waals surface area contributed by atoms with Gasteiger partial charge in [0.25, 0.3) is 0 Å². The first kappa shape index (κ1) is 17.8. The normalized spacial score (nSPS) is 11.3. The maximum atomic E-state index is 5.89. The lowest BCUT2D eigenvalue weighted by atomic mass is 10.2. The van der Waals surface area contributed by atoms with E-state index < -0.39 is 0 Å². The van der Waals surface area contributed by atoms with Crippen LogP contribution in [-0.2, 0) is 0 Å². The number of aryl methyl sites for hydroxylation is 2. The zero-order chi connectivity index (χ0) is 17.1. The Labute approximate surface area is 168 Å². The average molecular weight is 512 g/mol. The van der Waals surface area contributed by atoms with Crippen LogP contribution in [0, 0.1) is 17.4 Å². The van der Waals surface area contributed by atoms with Crippen molar-refractivity contribution in [2.24, 2.45) is 4.99 Å². The fraction of sp³-hybridized carbons (Fsp3) is 0.105. The second kappa shape index (κ2) is 7.89. The highest BCUT2D eigenvalue weighted by Crippen LogP contribution is 2.35. The van der Waals surface area contributed by atoms with Crippen LogP contribution in [0.4, 0.5) is 5.69 Å². The van der Waals surface area contributed by atoms with E-state index in [-0.39, 0.29) is 0 Å². The maximum Gasteiger partial charge on any atom is 0.179 e. The molecule has 0 unspecified atom stereocenters. The van der Waals surface area contributed by atoms with Crippen molar-refractivity contribution in [2.45, 2.75) is 23.8 Å². The summed E-state index contributed by atoms with van der Waals surface area (Å²) in [5.74, 6) is 0.729. The molecule has 24 heavy (non-hydrogen) atoms. The van der Waals surface area contributed by atoms with E-state index in [1.165, 1.54) is 14.7 Å². The van der Waals surface area contributed by atoms with Gasteiger partial charge in [0, 0.05) is 14.5 Å². The van der Waals surface area contributed by atoms with Crippen molar-refractivity contribution in [3.63, 3.8) is 0 Å². The fourth-order valence-corrected chi connectivity index (χ4v) is 3.73. The Hall–Kier alpha value is -1.05. The van der Waals surface area contributed by atoms with Crippen LogP contribution in [0.1, 0.15) is 16.9 Å². The summed E-state index contributed by atoms with van der Waals surface area (Å²) in [6.07, 6.45) is 1.76. The lowest BCUT2D eigenvalue weighted by molar-refractivity contribution is 0.466. The van der Waals surface area contributed by atoms with Crippen molar-refractivity contribution in [2.75, 3.05) is 0 Å². The second-order valence-corrected chi connectivity index (χ2v) is 8.45. The highest BCUT2D eigenvalue weighted by Gasteiger charge is 2.09. The summed E-state index contributed by atoms with van der Waals surface area (Å²) in [6, 6.07) is 16.5. The van der Waals surface area contributed by atoms with Crippen molar-refractivity contribution < 1.29 is 4.42 Å². The SMILES string of the molecule is Cc1ccc(Sc2oc(C=Nc3ccc(I)c(C)c3)cc2Br)cc1. The molecule has 0 saturated carbocycles. The quantitative estimate of drug-likeness (QED) is 0.274. The molecular formula is C19H15BrINOS. The van der Waals surface area contributed by atoms with Gasteiger partial charge >= 0.3 is 0 Å². The predicted molar refractivity (Wildman–Crippen MR) is 113 cm³/mol. The number of hydrogen-bond donors (Lipinski definition) is 0. The largest absolute Gasteiger partial charge is 0.447 e. The van der Waals surface area contributed by atoms with Crippen LogP contribution < -0.4 is 0 Å². The summed E-state index contributed by atoms with van der Waals surface area (Å²) in [4.78, 5) is 5.65. The second-order valence-electron chi connectivity index (χ2n) is 5.39. The van der Waals surface area contributed by atoms with Gasteiger partial charge in [0.1, 0.15) is 5.76 Å². The van der Waals surface area contributed by atoms with Crippen molar-refractivity contribution in [1.29, 1.82) is 0 Å². The van der Waals surface area contributed by atoms with Gasteiger partial charge in [-0.3, -0.25) is 4.99 Å². The van der Waals surface area contributed by atoms with E-state index in [4.69, 9.17) is 4.42 Å². The standard InChI is InChI=1S/C19H15BrINOS/c1-12-3-6-16(7-4-12)24-19-17(20)10-15(23-19)11-22-14-5-8-18(21)13(2)9-14/h3-11H,1-2H3. The van der Waals surface area contributed by atoms with Crippen molar-refractivity contribution in [3.8, 4) is 0 Å².